The number of carbonyl (C=O) groups is 2. The highest BCUT2D eigenvalue weighted by atomic mass is 19.1. The Morgan fingerprint density at radius 1 is 1.41 bits per heavy atom. The number of carbonyl (C=O) groups excluding carboxylic acids is 2. The summed E-state index contributed by atoms with van der Waals surface area (Å²) in [7, 11) is 0. The third kappa shape index (κ3) is 4.04. The van der Waals surface area contributed by atoms with Gasteiger partial charge in [-0.05, 0) is 44.0 Å². The van der Waals surface area contributed by atoms with Gasteiger partial charge in [0.15, 0.2) is 0 Å². The molecule has 1 atom stereocenters. The first-order chi connectivity index (χ1) is 10.6. The lowest BCUT2D eigenvalue weighted by molar-refractivity contribution is -0.132. The molecule has 1 aromatic carbocycles. The van der Waals surface area contributed by atoms with Crippen molar-refractivity contribution in [2.75, 3.05) is 31.2 Å². The van der Waals surface area contributed by atoms with Crippen LogP contribution in [0.2, 0.25) is 0 Å². The first-order valence-electron chi connectivity index (χ1n) is 7.56. The van der Waals surface area contributed by atoms with E-state index in [1.807, 2.05) is 6.92 Å². The van der Waals surface area contributed by atoms with Crippen molar-refractivity contribution in [1.82, 2.24) is 5.32 Å². The molecule has 6 heteroatoms. The molecule has 1 aliphatic rings. The zero-order valence-electron chi connectivity index (χ0n) is 12.7. The molecule has 1 heterocycles. The standard InChI is InChI=1S/C16H21FN2O3/c1-2-22-11-3-9-18-15(20)14-8-10-19(16(14)21)13-6-4-12(17)5-7-13/h4-7,14H,2-3,8-11H2,1H3,(H,18,20). The summed E-state index contributed by atoms with van der Waals surface area (Å²) in [5.41, 5.74) is 0.623. The van der Waals surface area contributed by atoms with Crippen LogP contribution in [-0.4, -0.2) is 38.1 Å². The number of ether oxygens (including phenoxy) is 1. The second-order valence-electron chi connectivity index (χ2n) is 5.15. The molecule has 0 spiro atoms. The van der Waals surface area contributed by atoms with Crippen LogP contribution in [0.1, 0.15) is 19.8 Å². The number of nitrogens with one attached hydrogen (secondary N) is 1. The first kappa shape index (κ1) is 16.4. The highest BCUT2D eigenvalue weighted by Crippen LogP contribution is 2.25. The molecule has 1 N–H and O–H groups in total. The molecule has 120 valence electrons. The molecular formula is C16H21FN2O3. The van der Waals surface area contributed by atoms with Gasteiger partial charge >= 0.3 is 0 Å². The number of benzene rings is 1. The van der Waals surface area contributed by atoms with Crippen molar-refractivity contribution >= 4 is 17.5 Å². The van der Waals surface area contributed by atoms with E-state index in [1.54, 1.807) is 12.1 Å². The molecule has 0 radical (unpaired) electrons. The van der Waals surface area contributed by atoms with E-state index in [4.69, 9.17) is 4.74 Å². The molecule has 1 fully saturated rings. The number of anilines is 1. The number of halogens is 1. The fourth-order valence-corrected chi connectivity index (χ4v) is 2.45. The number of hydrogen-bond donors (Lipinski definition) is 1. The predicted molar refractivity (Wildman–Crippen MR) is 81.0 cm³/mol. The lowest BCUT2D eigenvalue weighted by Crippen LogP contribution is -2.37. The van der Waals surface area contributed by atoms with E-state index in [1.165, 1.54) is 17.0 Å². The van der Waals surface area contributed by atoms with Gasteiger partial charge in [0.1, 0.15) is 11.7 Å². The van der Waals surface area contributed by atoms with E-state index >= 15 is 0 Å². The molecule has 0 saturated carbocycles. The summed E-state index contributed by atoms with van der Waals surface area (Å²) in [4.78, 5) is 25.9. The summed E-state index contributed by atoms with van der Waals surface area (Å²) < 4.78 is 18.1. The SMILES string of the molecule is CCOCCCNC(=O)C1CCN(c2ccc(F)cc2)C1=O. The Bertz CT molecular complexity index is 519. The Morgan fingerprint density at radius 3 is 2.82 bits per heavy atom. The summed E-state index contributed by atoms with van der Waals surface area (Å²) in [5.74, 6) is -1.48. The van der Waals surface area contributed by atoms with Crippen molar-refractivity contribution in [2.24, 2.45) is 5.92 Å². The van der Waals surface area contributed by atoms with Gasteiger partial charge in [-0.1, -0.05) is 0 Å². The monoisotopic (exact) mass is 308 g/mol. The average Bonchev–Trinajstić information content (AvgIpc) is 2.89. The van der Waals surface area contributed by atoms with Crippen LogP contribution in [-0.2, 0) is 14.3 Å². The summed E-state index contributed by atoms with van der Waals surface area (Å²) >= 11 is 0. The van der Waals surface area contributed by atoms with Crippen molar-refractivity contribution in [3.63, 3.8) is 0 Å². The number of rotatable bonds is 7. The van der Waals surface area contributed by atoms with Crippen LogP contribution in [0.5, 0.6) is 0 Å². The number of hydrogen-bond acceptors (Lipinski definition) is 3. The Hall–Kier alpha value is -1.95. The average molecular weight is 308 g/mol. The zero-order chi connectivity index (χ0) is 15.9. The topological polar surface area (TPSA) is 58.6 Å². The Morgan fingerprint density at radius 2 is 2.14 bits per heavy atom. The summed E-state index contributed by atoms with van der Waals surface area (Å²) in [6, 6.07) is 5.72. The van der Waals surface area contributed by atoms with Crippen LogP contribution < -0.4 is 10.2 Å². The quantitative estimate of drug-likeness (QED) is 0.616. The third-order valence-electron chi connectivity index (χ3n) is 3.63. The van der Waals surface area contributed by atoms with Crippen LogP contribution in [0, 0.1) is 11.7 Å². The van der Waals surface area contributed by atoms with Gasteiger partial charge in [-0.2, -0.15) is 0 Å². The van der Waals surface area contributed by atoms with Gasteiger partial charge in [-0.3, -0.25) is 9.59 Å². The molecule has 2 rings (SSSR count). The van der Waals surface area contributed by atoms with Gasteiger partial charge in [0, 0.05) is 32.0 Å². The Kier molecular flexibility index (Phi) is 5.89. The summed E-state index contributed by atoms with van der Waals surface area (Å²) in [6.07, 6.45) is 1.20. The zero-order valence-corrected chi connectivity index (χ0v) is 12.7. The first-order valence-corrected chi connectivity index (χ1v) is 7.56. The second kappa shape index (κ2) is 7.89. The molecule has 1 aromatic rings. The molecular weight excluding hydrogens is 287 g/mol. The van der Waals surface area contributed by atoms with Gasteiger partial charge < -0.3 is 15.0 Å². The minimum atomic E-state index is -0.655. The lowest BCUT2D eigenvalue weighted by atomic mass is 10.1. The lowest BCUT2D eigenvalue weighted by Gasteiger charge is -2.16. The van der Waals surface area contributed by atoms with E-state index in [0.717, 1.165) is 6.42 Å². The van der Waals surface area contributed by atoms with Gasteiger partial charge in [-0.15, -0.1) is 0 Å². The van der Waals surface area contributed by atoms with Crippen molar-refractivity contribution in [3.8, 4) is 0 Å². The van der Waals surface area contributed by atoms with Crippen molar-refractivity contribution in [3.05, 3.63) is 30.1 Å². The van der Waals surface area contributed by atoms with Gasteiger partial charge in [0.05, 0.1) is 0 Å². The molecule has 0 aromatic heterocycles. The van der Waals surface area contributed by atoms with Gasteiger partial charge in [-0.25, -0.2) is 4.39 Å². The molecule has 2 amide bonds. The Labute approximate surface area is 129 Å². The molecule has 1 aliphatic heterocycles. The number of amides is 2. The van der Waals surface area contributed by atoms with E-state index in [9.17, 15) is 14.0 Å². The van der Waals surface area contributed by atoms with E-state index in [2.05, 4.69) is 5.32 Å². The maximum absolute atomic E-state index is 12.9. The molecule has 5 nitrogen and oxygen atoms in total. The van der Waals surface area contributed by atoms with Crippen molar-refractivity contribution in [2.45, 2.75) is 19.8 Å². The van der Waals surface area contributed by atoms with E-state index in [-0.39, 0.29) is 17.6 Å². The van der Waals surface area contributed by atoms with Gasteiger partial charge in [0.25, 0.3) is 0 Å². The van der Waals surface area contributed by atoms with Crippen LogP contribution >= 0.6 is 0 Å². The predicted octanol–water partition coefficient (Wildman–Crippen LogP) is 1.72. The van der Waals surface area contributed by atoms with Crippen molar-refractivity contribution in [1.29, 1.82) is 0 Å². The highest BCUT2D eigenvalue weighted by Gasteiger charge is 2.37. The summed E-state index contributed by atoms with van der Waals surface area (Å²) in [5, 5.41) is 2.77. The molecule has 1 unspecified atom stereocenters. The van der Waals surface area contributed by atoms with Crippen LogP contribution in [0.15, 0.2) is 24.3 Å². The molecule has 22 heavy (non-hydrogen) atoms. The largest absolute Gasteiger partial charge is 0.382 e. The Balaban J connectivity index is 1.85. The maximum Gasteiger partial charge on any atom is 0.239 e. The summed E-state index contributed by atoms with van der Waals surface area (Å²) in [6.45, 7) is 4.14. The van der Waals surface area contributed by atoms with Crippen LogP contribution in [0.25, 0.3) is 0 Å². The fraction of sp³-hybridized carbons (Fsp3) is 0.500. The molecule has 0 aliphatic carbocycles. The number of nitrogens with zero attached hydrogens (tertiary/aromatic N) is 1. The smallest absolute Gasteiger partial charge is 0.239 e. The molecule has 0 bridgehead atoms. The van der Waals surface area contributed by atoms with E-state index in [0.29, 0.717) is 38.4 Å². The van der Waals surface area contributed by atoms with E-state index < -0.39 is 5.92 Å². The normalized spacial score (nSPS) is 17.8. The maximum atomic E-state index is 12.9. The highest BCUT2D eigenvalue weighted by molar-refractivity contribution is 6.09. The molecule has 1 saturated heterocycles. The van der Waals surface area contributed by atoms with Crippen LogP contribution in [0.3, 0.4) is 0 Å². The van der Waals surface area contributed by atoms with Crippen molar-refractivity contribution < 1.29 is 18.7 Å². The minimum Gasteiger partial charge on any atom is -0.382 e. The second-order valence-corrected chi connectivity index (χ2v) is 5.15. The third-order valence-corrected chi connectivity index (χ3v) is 3.63. The van der Waals surface area contributed by atoms with Gasteiger partial charge in [0.2, 0.25) is 11.8 Å². The minimum absolute atomic E-state index is 0.228. The van der Waals surface area contributed by atoms with Crippen LogP contribution in [0.4, 0.5) is 10.1 Å². The fourth-order valence-electron chi connectivity index (χ4n) is 2.45.